The normalized spacial score (nSPS) is 19.6. The highest BCUT2D eigenvalue weighted by Crippen LogP contribution is 2.23. The summed E-state index contributed by atoms with van der Waals surface area (Å²) in [7, 11) is 3.21. The number of rotatable bonds is 5. The maximum absolute atomic E-state index is 11.0. The summed E-state index contributed by atoms with van der Waals surface area (Å²) in [5, 5.41) is 8.99. The number of methoxy groups -OCH3 is 2. The SMILES string of the molecule is COc1cc(CN2CCOC(C(=O)O)C2)cc(OC)c1. The van der Waals surface area contributed by atoms with E-state index in [4.69, 9.17) is 19.3 Å². The Labute approximate surface area is 117 Å². The van der Waals surface area contributed by atoms with E-state index >= 15 is 0 Å². The van der Waals surface area contributed by atoms with Crippen molar-refractivity contribution in [1.29, 1.82) is 0 Å². The van der Waals surface area contributed by atoms with Gasteiger partial charge < -0.3 is 19.3 Å². The standard InChI is InChI=1S/C14H19NO5/c1-18-11-5-10(6-12(7-11)19-2)8-15-3-4-20-13(9-15)14(16)17/h5-7,13H,3-4,8-9H2,1-2H3,(H,16,17). The molecule has 1 fully saturated rings. The zero-order chi connectivity index (χ0) is 14.5. The third-order valence-corrected chi connectivity index (χ3v) is 3.24. The summed E-state index contributed by atoms with van der Waals surface area (Å²) in [5.74, 6) is 0.530. The topological polar surface area (TPSA) is 68.2 Å². The molecule has 0 bridgehead atoms. The van der Waals surface area contributed by atoms with Crippen LogP contribution < -0.4 is 9.47 Å². The molecule has 0 saturated carbocycles. The number of ether oxygens (including phenoxy) is 3. The molecule has 1 aliphatic rings. The quantitative estimate of drug-likeness (QED) is 0.868. The van der Waals surface area contributed by atoms with Crippen molar-refractivity contribution in [2.75, 3.05) is 33.9 Å². The second-order valence-electron chi connectivity index (χ2n) is 4.65. The van der Waals surface area contributed by atoms with Crippen LogP contribution in [0.15, 0.2) is 18.2 Å². The maximum Gasteiger partial charge on any atom is 0.334 e. The fourth-order valence-electron chi connectivity index (χ4n) is 2.21. The lowest BCUT2D eigenvalue weighted by Gasteiger charge is -2.30. The van der Waals surface area contributed by atoms with Crippen LogP contribution in [-0.2, 0) is 16.1 Å². The van der Waals surface area contributed by atoms with Crippen LogP contribution in [0.5, 0.6) is 11.5 Å². The van der Waals surface area contributed by atoms with Crippen LogP contribution in [0.25, 0.3) is 0 Å². The lowest BCUT2D eigenvalue weighted by Crippen LogP contribution is -2.45. The summed E-state index contributed by atoms with van der Waals surface area (Å²) >= 11 is 0. The summed E-state index contributed by atoms with van der Waals surface area (Å²) < 4.78 is 15.7. The van der Waals surface area contributed by atoms with Gasteiger partial charge in [0.1, 0.15) is 11.5 Å². The molecule has 1 aliphatic heterocycles. The van der Waals surface area contributed by atoms with E-state index in [1.807, 2.05) is 18.2 Å². The molecule has 2 rings (SSSR count). The first-order valence-corrected chi connectivity index (χ1v) is 6.41. The number of morpholine rings is 1. The van der Waals surface area contributed by atoms with Crippen molar-refractivity contribution >= 4 is 5.97 Å². The number of nitrogens with zero attached hydrogens (tertiary/aromatic N) is 1. The van der Waals surface area contributed by atoms with Gasteiger partial charge in [0.15, 0.2) is 6.10 Å². The van der Waals surface area contributed by atoms with Gasteiger partial charge in [-0.1, -0.05) is 0 Å². The minimum atomic E-state index is -0.919. The summed E-state index contributed by atoms with van der Waals surface area (Å²) in [6.07, 6.45) is -0.753. The van der Waals surface area contributed by atoms with Gasteiger partial charge >= 0.3 is 5.97 Å². The van der Waals surface area contributed by atoms with Gasteiger partial charge in [0.25, 0.3) is 0 Å². The lowest BCUT2D eigenvalue weighted by atomic mass is 10.1. The predicted molar refractivity (Wildman–Crippen MR) is 72.2 cm³/mol. The van der Waals surface area contributed by atoms with Gasteiger partial charge in [-0.3, -0.25) is 4.90 Å². The molecule has 0 aromatic heterocycles. The Kier molecular flexibility index (Phi) is 4.81. The number of hydrogen-bond donors (Lipinski definition) is 1. The highest BCUT2D eigenvalue weighted by molar-refractivity contribution is 5.72. The molecule has 6 heteroatoms. The number of carbonyl (C=O) groups is 1. The van der Waals surface area contributed by atoms with E-state index in [1.165, 1.54) is 0 Å². The Morgan fingerprint density at radius 1 is 1.35 bits per heavy atom. The fourth-order valence-corrected chi connectivity index (χ4v) is 2.21. The molecular weight excluding hydrogens is 262 g/mol. The van der Waals surface area contributed by atoms with Crippen molar-refractivity contribution < 1.29 is 24.1 Å². The molecule has 1 heterocycles. The van der Waals surface area contributed by atoms with Crippen molar-refractivity contribution in [2.24, 2.45) is 0 Å². The minimum absolute atomic E-state index is 0.384. The number of hydrogen-bond acceptors (Lipinski definition) is 5. The van der Waals surface area contributed by atoms with E-state index in [9.17, 15) is 4.79 Å². The molecule has 1 unspecified atom stereocenters. The van der Waals surface area contributed by atoms with E-state index in [0.29, 0.717) is 26.2 Å². The fraction of sp³-hybridized carbons (Fsp3) is 0.500. The summed E-state index contributed by atoms with van der Waals surface area (Å²) in [6.45, 7) is 2.16. The highest BCUT2D eigenvalue weighted by atomic mass is 16.5. The zero-order valence-corrected chi connectivity index (χ0v) is 11.7. The Hall–Kier alpha value is -1.79. The predicted octanol–water partition coefficient (Wildman–Crippen LogP) is 0.989. The van der Waals surface area contributed by atoms with Crippen molar-refractivity contribution in [1.82, 2.24) is 4.90 Å². The van der Waals surface area contributed by atoms with Crippen LogP contribution >= 0.6 is 0 Å². The molecule has 0 spiro atoms. The first kappa shape index (κ1) is 14.6. The molecule has 1 aromatic carbocycles. The largest absolute Gasteiger partial charge is 0.497 e. The summed E-state index contributed by atoms with van der Waals surface area (Å²) in [5.41, 5.74) is 1.02. The number of benzene rings is 1. The van der Waals surface area contributed by atoms with Crippen molar-refractivity contribution in [3.63, 3.8) is 0 Å². The molecule has 0 radical (unpaired) electrons. The smallest absolute Gasteiger partial charge is 0.334 e. The first-order chi connectivity index (χ1) is 9.62. The Balaban J connectivity index is 2.07. The number of carboxylic acid groups (broad SMARTS) is 1. The van der Waals surface area contributed by atoms with Crippen molar-refractivity contribution in [2.45, 2.75) is 12.6 Å². The van der Waals surface area contributed by atoms with Gasteiger partial charge in [-0.15, -0.1) is 0 Å². The van der Waals surface area contributed by atoms with Gasteiger partial charge in [0, 0.05) is 25.7 Å². The van der Waals surface area contributed by atoms with Crippen LogP contribution in [-0.4, -0.2) is 56.0 Å². The number of carboxylic acids is 1. The molecule has 20 heavy (non-hydrogen) atoms. The monoisotopic (exact) mass is 281 g/mol. The van der Waals surface area contributed by atoms with Gasteiger partial charge in [0.2, 0.25) is 0 Å². The summed E-state index contributed by atoms with van der Waals surface area (Å²) in [6, 6.07) is 5.66. The maximum atomic E-state index is 11.0. The molecule has 1 saturated heterocycles. The van der Waals surface area contributed by atoms with Crippen LogP contribution in [0.4, 0.5) is 0 Å². The molecule has 6 nitrogen and oxygen atoms in total. The van der Waals surface area contributed by atoms with Gasteiger partial charge in [-0.05, 0) is 17.7 Å². The van der Waals surface area contributed by atoms with Crippen LogP contribution in [0, 0.1) is 0 Å². The highest BCUT2D eigenvalue weighted by Gasteiger charge is 2.26. The van der Waals surface area contributed by atoms with Gasteiger partial charge in [-0.2, -0.15) is 0 Å². The second kappa shape index (κ2) is 6.58. The van der Waals surface area contributed by atoms with E-state index in [1.54, 1.807) is 14.2 Å². The molecule has 1 atom stereocenters. The minimum Gasteiger partial charge on any atom is -0.497 e. The molecule has 0 aliphatic carbocycles. The molecule has 110 valence electrons. The third kappa shape index (κ3) is 3.61. The first-order valence-electron chi connectivity index (χ1n) is 6.41. The third-order valence-electron chi connectivity index (χ3n) is 3.24. The number of aliphatic carboxylic acids is 1. The van der Waals surface area contributed by atoms with Crippen LogP contribution in [0.2, 0.25) is 0 Å². The van der Waals surface area contributed by atoms with Gasteiger partial charge in [0.05, 0.1) is 20.8 Å². The zero-order valence-electron chi connectivity index (χ0n) is 11.7. The second-order valence-corrected chi connectivity index (χ2v) is 4.65. The lowest BCUT2D eigenvalue weighted by molar-refractivity contribution is -0.156. The van der Waals surface area contributed by atoms with E-state index in [-0.39, 0.29) is 0 Å². The van der Waals surface area contributed by atoms with Crippen LogP contribution in [0.1, 0.15) is 5.56 Å². The average molecular weight is 281 g/mol. The molecule has 0 amide bonds. The molecular formula is C14H19NO5. The Bertz CT molecular complexity index is 454. The van der Waals surface area contributed by atoms with Gasteiger partial charge in [-0.25, -0.2) is 4.79 Å². The van der Waals surface area contributed by atoms with Crippen molar-refractivity contribution in [3.05, 3.63) is 23.8 Å². The Morgan fingerprint density at radius 3 is 2.55 bits per heavy atom. The van der Waals surface area contributed by atoms with E-state index < -0.39 is 12.1 Å². The van der Waals surface area contributed by atoms with E-state index in [0.717, 1.165) is 17.1 Å². The molecule has 1 N–H and O–H groups in total. The average Bonchev–Trinajstić information content (AvgIpc) is 2.47. The van der Waals surface area contributed by atoms with E-state index in [2.05, 4.69) is 4.90 Å². The van der Waals surface area contributed by atoms with Crippen molar-refractivity contribution in [3.8, 4) is 11.5 Å². The Morgan fingerprint density at radius 2 is 2.00 bits per heavy atom. The van der Waals surface area contributed by atoms with Crippen LogP contribution in [0.3, 0.4) is 0 Å². The summed E-state index contributed by atoms with van der Waals surface area (Å²) in [4.78, 5) is 13.0. The molecule has 1 aromatic rings.